The Morgan fingerprint density at radius 3 is 2.85 bits per heavy atom. The summed E-state index contributed by atoms with van der Waals surface area (Å²) in [7, 11) is 0. The number of H-pyrrole nitrogens is 1. The van der Waals surface area contributed by atoms with Crippen molar-refractivity contribution in [3.05, 3.63) is 40.9 Å². The van der Waals surface area contributed by atoms with Crippen LogP contribution >= 0.6 is 0 Å². The topological polar surface area (TPSA) is 104 Å². The van der Waals surface area contributed by atoms with Gasteiger partial charge in [0.1, 0.15) is 5.75 Å². The number of fused-ring (bicyclic) bond motifs is 1. The molecule has 0 radical (unpaired) electrons. The Balaban J connectivity index is 2.22. The lowest BCUT2D eigenvalue weighted by atomic mass is 10.1. The Bertz CT molecular complexity index is 822. The Hall–Kier alpha value is -2.67. The van der Waals surface area contributed by atoms with Crippen molar-refractivity contribution in [3.8, 4) is 17.0 Å². The van der Waals surface area contributed by atoms with E-state index >= 15 is 0 Å². The average Bonchev–Trinajstić information content (AvgIpc) is 2.76. The minimum atomic E-state index is -0.372. The van der Waals surface area contributed by atoms with Crippen molar-refractivity contribution in [1.82, 2.24) is 19.5 Å². The minimum Gasteiger partial charge on any atom is -0.507 e. The van der Waals surface area contributed by atoms with Gasteiger partial charge in [-0.1, -0.05) is 12.1 Å². The summed E-state index contributed by atoms with van der Waals surface area (Å²) in [5.74, 6) is 0.0905. The fourth-order valence-electron chi connectivity index (χ4n) is 2.05. The second-order valence-corrected chi connectivity index (χ2v) is 4.25. The Labute approximate surface area is 113 Å². The van der Waals surface area contributed by atoms with Gasteiger partial charge in [-0.2, -0.15) is 0 Å². The van der Waals surface area contributed by atoms with E-state index in [1.165, 1.54) is 10.8 Å². The number of hydrogen-bond acceptors (Lipinski definition) is 5. The number of aliphatic hydroxyl groups excluding tert-OH is 1. The van der Waals surface area contributed by atoms with Crippen molar-refractivity contribution in [3.63, 3.8) is 0 Å². The van der Waals surface area contributed by atoms with Crippen molar-refractivity contribution in [2.24, 2.45) is 0 Å². The third-order valence-electron chi connectivity index (χ3n) is 2.98. The van der Waals surface area contributed by atoms with Gasteiger partial charge in [-0.15, -0.1) is 0 Å². The number of aromatic hydroxyl groups is 1. The van der Waals surface area contributed by atoms with Crippen LogP contribution in [0.15, 0.2) is 35.3 Å². The third-order valence-corrected chi connectivity index (χ3v) is 2.98. The molecule has 0 fully saturated rings. The van der Waals surface area contributed by atoms with Crippen LogP contribution in [0.5, 0.6) is 5.75 Å². The van der Waals surface area contributed by atoms with Crippen molar-refractivity contribution < 1.29 is 10.2 Å². The SMILES string of the molecule is O=c1[nH]c2ncc(-c3ccccc3O)nc2n1CCO. The predicted octanol–water partition coefficient (Wildman–Crippen LogP) is 0.484. The molecule has 102 valence electrons. The number of phenols is 1. The zero-order valence-electron chi connectivity index (χ0n) is 10.4. The third kappa shape index (κ3) is 1.94. The maximum atomic E-state index is 11.7. The van der Waals surface area contributed by atoms with Gasteiger partial charge in [0.25, 0.3) is 0 Å². The Morgan fingerprint density at radius 1 is 1.30 bits per heavy atom. The lowest BCUT2D eigenvalue weighted by molar-refractivity contribution is 0.276. The standard InChI is InChI=1S/C13H12N4O3/c18-6-5-17-12-11(16-13(17)20)14-7-9(15-12)8-3-1-2-4-10(8)19/h1-4,7,18-19H,5-6H2,(H,14,16,20). The first-order valence-electron chi connectivity index (χ1n) is 6.05. The molecule has 0 aliphatic carbocycles. The van der Waals surface area contributed by atoms with Crippen LogP contribution in [0.25, 0.3) is 22.6 Å². The molecule has 0 amide bonds. The van der Waals surface area contributed by atoms with E-state index < -0.39 is 0 Å². The van der Waals surface area contributed by atoms with E-state index in [1.54, 1.807) is 24.3 Å². The number of nitrogens with one attached hydrogen (secondary N) is 1. The van der Waals surface area contributed by atoms with E-state index in [1.807, 2.05) is 0 Å². The van der Waals surface area contributed by atoms with Gasteiger partial charge in [-0.25, -0.2) is 14.8 Å². The molecule has 1 aromatic carbocycles. The summed E-state index contributed by atoms with van der Waals surface area (Å²) in [6.07, 6.45) is 1.48. The molecule has 2 aromatic heterocycles. The van der Waals surface area contributed by atoms with Crippen LogP contribution in [0, 0.1) is 0 Å². The predicted molar refractivity (Wildman–Crippen MR) is 72.3 cm³/mol. The zero-order chi connectivity index (χ0) is 14.1. The summed E-state index contributed by atoms with van der Waals surface area (Å²) in [4.78, 5) is 22.8. The van der Waals surface area contributed by atoms with Crippen LogP contribution in [0.1, 0.15) is 0 Å². The van der Waals surface area contributed by atoms with Gasteiger partial charge in [0.15, 0.2) is 11.3 Å². The number of rotatable bonds is 3. The highest BCUT2D eigenvalue weighted by Gasteiger charge is 2.12. The summed E-state index contributed by atoms with van der Waals surface area (Å²) in [5, 5.41) is 18.8. The van der Waals surface area contributed by atoms with E-state index in [0.29, 0.717) is 22.6 Å². The summed E-state index contributed by atoms with van der Waals surface area (Å²) < 4.78 is 1.31. The highest BCUT2D eigenvalue weighted by Crippen LogP contribution is 2.27. The average molecular weight is 272 g/mol. The highest BCUT2D eigenvalue weighted by molar-refractivity contribution is 5.73. The summed E-state index contributed by atoms with van der Waals surface area (Å²) in [5.41, 5.74) is 1.32. The first kappa shape index (κ1) is 12.4. The number of para-hydroxylation sites is 1. The molecular weight excluding hydrogens is 260 g/mol. The smallest absolute Gasteiger partial charge is 0.328 e. The fraction of sp³-hybridized carbons (Fsp3) is 0.154. The molecule has 0 unspecified atom stereocenters. The maximum absolute atomic E-state index is 11.7. The number of phenolic OH excluding ortho intramolecular Hbond substituents is 1. The van der Waals surface area contributed by atoms with E-state index in [2.05, 4.69) is 15.0 Å². The minimum absolute atomic E-state index is 0.0905. The van der Waals surface area contributed by atoms with Crippen molar-refractivity contribution in [1.29, 1.82) is 0 Å². The van der Waals surface area contributed by atoms with Crippen LogP contribution in [-0.2, 0) is 6.54 Å². The lowest BCUT2D eigenvalue weighted by Crippen LogP contribution is -2.18. The number of imidazole rings is 1. The molecule has 3 rings (SSSR count). The molecule has 0 saturated carbocycles. The highest BCUT2D eigenvalue weighted by atomic mass is 16.3. The quantitative estimate of drug-likeness (QED) is 0.643. The fourth-order valence-corrected chi connectivity index (χ4v) is 2.05. The van der Waals surface area contributed by atoms with Crippen molar-refractivity contribution in [2.45, 2.75) is 6.54 Å². The first-order chi connectivity index (χ1) is 9.70. The summed E-state index contributed by atoms with van der Waals surface area (Å²) in [6, 6.07) is 6.76. The van der Waals surface area contributed by atoms with Gasteiger partial charge in [0.2, 0.25) is 0 Å². The van der Waals surface area contributed by atoms with Gasteiger partial charge in [-0.05, 0) is 12.1 Å². The van der Waals surface area contributed by atoms with Crippen LogP contribution in [0.4, 0.5) is 0 Å². The van der Waals surface area contributed by atoms with Gasteiger partial charge >= 0.3 is 5.69 Å². The normalized spacial score (nSPS) is 11.1. The zero-order valence-corrected chi connectivity index (χ0v) is 10.4. The number of aliphatic hydroxyl groups is 1. The number of aromatic amines is 1. The van der Waals surface area contributed by atoms with Crippen LogP contribution in [0.2, 0.25) is 0 Å². The number of nitrogens with zero attached hydrogens (tertiary/aromatic N) is 3. The molecule has 7 heteroatoms. The molecule has 0 spiro atoms. The molecule has 0 aliphatic rings. The van der Waals surface area contributed by atoms with Crippen LogP contribution in [0.3, 0.4) is 0 Å². The second-order valence-electron chi connectivity index (χ2n) is 4.25. The van der Waals surface area contributed by atoms with E-state index in [0.717, 1.165) is 0 Å². The molecule has 0 bridgehead atoms. The molecule has 0 aliphatic heterocycles. The summed E-state index contributed by atoms with van der Waals surface area (Å²) >= 11 is 0. The second kappa shape index (κ2) is 4.78. The van der Waals surface area contributed by atoms with Crippen molar-refractivity contribution >= 4 is 11.3 Å². The van der Waals surface area contributed by atoms with Crippen LogP contribution < -0.4 is 5.69 Å². The van der Waals surface area contributed by atoms with Gasteiger partial charge < -0.3 is 10.2 Å². The van der Waals surface area contributed by atoms with Gasteiger partial charge in [0, 0.05) is 5.56 Å². The molecule has 20 heavy (non-hydrogen) atoms. The Morgan fingerprint density at radius 2 is 2.10 bits per heavy atom. The molecular formula is C13H12N4O3. The van der Waals surface area contributed by atoms with Crippen LogP contribution in [-0.4, -0.2) is 36.3 Å². The van der Waals surface area contributed by atoms with E-state index in [4.69, 9.17) is 5.11 Å². The summed E-state index contributed by atoms with van der Waals surface area (Å²) in [6.45, 7) is -0.0346. The Kier molecular flexibility index (Phi) is 2.96. The maximum Gasteiger partial charge on any atom is 0.328 e. The molecule has 0 saturated heterocycles. The van der Waals surface area contributed by atoms with Gasteiger partial charge in [0.05, 0.1) is 25.0 Å². The molecule has 0 atom stereocenters. The molecule has 3 N–H and O–H groups in total. The molecule has 7 nitrogen and oxygen atoms in total. The monoisotopic (exact) mass is 272 g/mol. The van der Waals surface area contributed by atoms with Crippen molar-refractivity contribution in [2.75, 3.05) is 6.61 Å². The number of hydrogen-bond donors (Lipinski definition) is 3. The molecule has 3 aromatic rings. The number of aromatic nitrogens is 4. The first-order valence-corrected chi connectivity index (χ1v) is 6.05. The van der Waals surface area contributed by atoms with Gasteiger partial charge in [-0.3, -0.25) is 9.55 Å². The largest absolute Gasteiger partial charge is 0.507 e. The van der Waals surface area contributed by atoms with E-state index in [-0.39, 0.29) is 24.6 Å². The molecule has 2 heterocycles. The van der Waals surface area contributed by atoms with E-state index in [9.17, 15) is 9.90 Å². The number of benzene rings is 1. The lowest BCUT2D eigenvalue weighted by Gasteiger charge is -2.04.